The second-order valence-electron chi connectivity index (χ2n) is 5.24. The van der Waals surface area contributed by atoms with Crippen LogP contribution in [0.1, 0.15) is 35.2 Å². The topological polar surface area (TPSA) is 33.3 Å². The van der Waals surface area contributed by atoms with Crippen molar-refractivity contribution in [2.24, 2.45) is 0 Å². The van der Waals surface area contributed by atoms with Crippen LogP contribution in [-0.4, -0.2) is 26.2 Å². The largest absolute Gasteiger partial charge is 0.496 e. The highest BCUT2D eigenvalue weighted by Gasteiger charge is 2.25. The van der Waals surface area contributed by atoms with E-state index in [1.807, 2.05) is 0 Å². The predicted molar refractivity (Wildman–Crippen MR) is 75.4 cm³/mol. The summed E-state index contributed by atoms with van der Waals surface area (Å²) in [4.78, 5) is 0. The fourth-order valence-corrected chi connectivity index (χ4v) is 2.93. The number of nitrogens with one attached hydrogen (secondary N) is 2. The van der Waals surface area contributed by atoms with Crippen molar-refractivity contribution in [1.82, 2.24) is 10.6 Å². The molecule has 0 bridgehead atoms. The Morgan fingerprint density at radius 3 is 2.39 bits per heavy atom. The van der Waals surface area contributed by atoms with E-state index in [2.05, 4.69) is 44.4 Å². The van der Waals surface area contributed by atoms with Gasteiger partial charge in [0, 0.05) is 25.2 Å². The van der Waals surface area contributed by atoms with E-state index in [0.717, 1.165) is 18.8 Å². The normalized spacial score (nSPS) is 24.1. The van der Waals surface area contributed by atoms with Crippen molar-refractivity contribution in [3.63, 3.8) is 0 Å². The summed E-state index contributed by atoms with van der Waals surface area (Å²) in [6.45, 7) is 10.8. The van der Waals surface area contributed by atoms with Crippen molar-refractivity contribution in [1.29, 1.82) is 0 Å². The number of ether oxygens (including phenoxy) is 1. The highest BCUT2D eigenvalue weighted by Crippen LogP contribution is 2.32. The van der Waals surface area contributed by atoms with E-state index < -0.39 is 0 Å². The molecule has 0 radical (unpaired) electrons. The molecule has 1 aromatic carbocycles. The molecule has 1 fully saturated rings. The summed E-state index contributed by atoms with van der Waals surface area (Å²) < 4.78 is 5.49. The molecule has 18 heavy (non-hydrogen) atoms. The zero-order valence-electron chi connectivity index (χ0n) is 12.1. The number of benzene rings is 1. The number of rotatable bonds is 2. The lowest BCUT2D eigenvalue weighted by Crippen LogP contribution is -2.49. The van der Waals surface area contributed by atoms with Crippen molar-refractivity contribution >= 4 is 0 Å². The Morgan fingerprint density at radius 2 is 1.78 bits per heavy atom. The van der Waals surface area contributed by atoms with E-state index in [0.29, 0.717) is 12.1 Å². The van der Waals surface area contributed by atoms with Crippen molar-refractivity contribution in [3.8, 4) is 5.75 Å². The van der Waals surface area contributed by atoms with Gasteiger partial charge in [-0.25, -0.2) is 0 Å². The molecule has 2 N–H and O–H groups in total. The molecule has 1 heterocycles. The second kappa shape index (κ2) is 5.29. The van der Waals surface area contributed by atoms with Crippen molar-refractivity contribution < 1.29 is 4.74 Å². The summed E-state index contributed by atoms with van der Waals surface area (Å²) in [5, 5.41) is 7.15. The van der Waals surface area contributed by atoms with E-state index in [9.17, 15) is 0 Å². The minimum atomic E-state index is 0.391. The highest BCUT2D eigenvalue weighted by atomic mass is 16.5. The third kappa shape index (κ3) is 2.25. The monoisotopic (exact) mass is 248 g/mol. The van der Waals surface area contributed by atoms with Gasteiger partial charge in [-0.2, -0.15) is 0 Å². The van der Waals surface area contributed by atoms with Gasteiger partial charge in [0.05, 0.1) is 7.11 Å². The van der Waals surface area contributed by atoms with Crippen LogP contribution in [0, 0.1) is 20.8 Å². The molecule has 0 aliphatic carbocycles. The fourth-order valence-electron chi connectivity index (χ4n) is 2.93. The van der Waals surface area contributed by atoms with Gasteiger partial charge < -0.3 is 15.4 Å². The SMILES string of the molecule is COc1c(C)cc(C2NCCNC2C)c(C)c1C. The Hall–Kier alpha value is -1.06. The smallest absolute Gasteiger partial charge is 0.124 e. The van der Waals surface area contributed by atoms with Gasteiger partial charge in [-0.3, -0.25) is 0 Å². The Labute approximate surface area is 110 Å². The quantitative estimate of drug-likeness (QED) is 0.842. The van der Waals surface area contributed by atoms with Crippen molar-refractivity contribution in [2.45, 2.75) is 39.8 Å². The van der Waals surface area contributed by atoms with Gasteiger partial charge >= 0.3 is 0 Å². The van der Waals surface area contributed by atoms with E-state index >= 15 is 0 Å². The first-order valence-electron chi connectivity index (χ1n) is 6.67. The van der Waals surface area contributed by atoms with Crippen LogP contribution in [0.4, 0.5) is 0 Å². The summed E-state index contributed by atoms with van der Waals surface area (Å²) in [5.74, 6) is 1.02. The molecule has 1 saturated heterocycles. The lowest BCUT2D eigenvalue weighted by Gasteiger charge is -2.33. The zero-order chi connectivity index (χ0) is 13.3. The second-order valence-corrected chi connectivity index (χ2v) is 5.24. The average Bonchev–Trinajstić information content (AvgIpc) is 2.35. The highest BCUT2D eigenvalue weighted by molar-refractivity contribution is 5.50. The molecule has 2 atom stereocenters. The Bertz CT molecular complexity index is 443. The maximum Gasteiger partial charge on any atom is 0.124 e. The molecule has 3 heteroatoms. The van der Waals surface area contributed by atoms with Gasteiger partial charge in [0.1, 0.15) is 5.75 Å². The minimum absolute atomic E-state index is 0.391. The summed E-state index contributed by atoms with van der Waals surface area (Å²) >= 11 is 0. The summed E-state index contributed by atoms with van der Waals surface area (Å²) in [7, 11) is 1.75. The van der Waals surface area contributed by atoms with Gasteiger partial charge in [-0.05, 0) is 49.9 Å². The minimum Gasteiger partial charge on any atom is -0.496 e. The molecule has 0 saturated carbocycles. The molecule has 0 aromatic heterocycles. The van der Waals surface area contributed by atoms with Gasteiger partial charge in [0.2, 0.25) is 0 Å². The Kier molecular flexibility index (Phi) is 3.93. The first-order valence-corrected chi connectivity index (χ1v) is 6.67. The van der Waals surface area contributed by atoms with E-state index in [1.54, 1.807) is 7.11 Å². The third-order valence-electron chi connectivity index (χ3n) is 4.06. The first kappa shape index (κ1) is 13.4. The number of hydrogen-bond donors (Lipinski definition) is 2. The molecule has 1 aliphatic rings. The van der Waals surface area contributed by atoms with Gasteiger partial charge in [-0.15, -0.1) is 0 Å². The van der Waals surface area contributed by atoms with Crippen LogP contribution in [0.5, 0.6) is 5.75 Å². The van der Waals surface area contributed by atoms with Crippen LogP contribution in [0.2, 0.25) is 0 Å². The molecular formula is C15H24N2O. The number of aryl methyl sites for hydroxylation is 1. The molecule has 100 valence electrons. The van der Waals surface area contributed by atoms with E-state index in [-0.39, 0.29) is 0 Å². The maximum atomic E-state index is 5.49. The van der Waals surface area contributed by atoms with E-state index in [1.165, 1.54) is 22.3 Å². The lowest BCUT2D eigenvalue weighted by atomic mass is 9.90. The molecule has 0 amide bonds. The Balaban J connectivity index is 2.45. The molecule has 0 spiro atoms. The molecule has 1 aromatic rings. The summed E-state index contributed by atoms with van der Waals surface area (Å²) in [6.07, 6.45) is 0. The van der Waals surface area contributed by atoms with Crippen molar-refractivity contribution in [3.05, 3.63) is 28.3 Å². The fraction of sp³-hybridized carbons (Fsp3) is 0.600. The Morgan fingerprint density at radius 1 is 1.11 bits per heavy atom. The van der Waals surface area contributed by atoms with Gasteiger partial charge in [-0.1, -0.05) is 6.07 Å². The number of methoxy groups -OCH3 is 1. The molecule has 2 unspecified atom stereocenters. The standard InChI is InChI=1S/C15H24N2O/c1-9-8-13(10(2)11(3)15(9)18-5)14-12(4)16-6-7-17-14/h8,12,14,16-17H,6-7H2,1-5H3. The van der Waals surface area contributed by atoms with Gasteiger partial charge in [0.25, 0.3) is 0 Å². The van der Waals surface area contributed by atoms with Crippen LogP contribution in [0.25, 0.3) is 0 Å². The first-order chi connectivity index (χ1) is 8.56. The van der Waals surface area contributed by atoms with Crippen LogP contribution in [-0.2, 0) is 0 Å². The molecule has 2 rings (SSSR count). The van der Waals surface area contributed by atoms with Crippen LogP contribution in [0.3, 0.4) is 0 Å². The zero-order valence-corrected chi connectivity index (χ0v) is 12.1. The third-order valence-corrected chi connectivity index (χ3v) is 4.06. The average molecular weight is 248 g/mol. The molecule has 3 nitrogen and oxygen atoms in total. The van der Waals surface area contributed by atoms with Crippen molar-refractivity contribution in [2.75, 3.05) is 20.2 Å². The van der Waals surface area contributed by atoms with Crippen LogP contribution >= 0.6 is 0 Å². The van der Waals surface area contributed by atoms with Crippen LogP contribution < -0.4 is 15.4 Å². The summed E-state index contributed by atoms with van der Waals surface area (Å²) in [6, 6.07) is 3.12. The molecular weight excluding hydrogens is 224 g/mol. The lowest BCUT2D eigenvalue weighted by molar-refractivity contribution is 0.343. The molecule has 1 aliphatic heterocycles. The van der Waals surface area contributed by atoms with Gasteiger partial charge in [0.15, 0.2) is 0 Å². The number of piperazine rings is 1. The van der Waals surface area contributed by atoms with E-state index in [4.69, 9.17) is 4.74 Å². The number of hydrogen-bond acceptors (Lipinski definition) is 3. The van der Waals surface area contributed by atoms with Crippen LogP contribution in [0.15, 0.2) is 6.07 Å². The summed E-state index contributed by atoms with van der Waals surface area (Å²) in [5.41, 5.74) is 5.21. The maximum absolute atomic E-state index is 5.49. The predicted octanol–water partition coefficient (Wildman–Crippen LogP) is 2.24.